The Labute approximate surface area is 182 Å². The average Bonchev–Trinajstić information content (AvgIpc) is 3.38. The molecule has 3 aromatic rings. The molecule has 0 unspecified atom stereocenters. The maximum atomic E-state index is 13.1. The van der Waals surface area contributed by atoms with E-state index in [-0.39, 0.29) is 12.7 Å². The molecule has 0 fully saturated rings. The van der Waals surface area contributed by atoms with Crippen LogP contribution in [-0.2, 0) is 11.3 Å². The standard InChI is InChI=1S/C21H21N3O6S/c1-9-5-10(7-26-2)13-14-18(31-21(13)22-9)20(25)24-19(23-14)11-6-12(27-3)16-17(15(11)28-4)30-8-29-16/h5-6,19,23H,7-8H2,1-4H3,(H,24,25)/t19-/m1/s1. The number of carbonyl (C=O) groups excluding carboxylic acids is 1. The number of rotatable bonds is 5. The fourth-order valence-electron chi connectivity index (χ4n) is 4.02. The van der Waals surface area contributed by atoms with Crippen LogP contribution in [0.15, 0.2) is 12.1 Å². The van der Waals surface area contributed by atoms with Gasteiger partial charge in [-0.2, -0.15) is 0 Å². The van der Waals surface area contributed by atoms with E-state index < -0.39 is 6.17 Å². The number of hydrogen-bond donors (Lipinski definition) is 2. The third-order valence-corrected chi connectivity index (χ3v) is 6.35. The Hall–Kier alpha value is -3.24. The first-order valence-electron chi connectivity index (χ1n) is 9.59. The van der Waals surface area contributed by atoms with Gasteiger partial charge in [-0.05, 0) is 24.6 Å². The predicted octanol–water partition coefficient (Wildman–Crippen LogP) is 3.35. The van der Waals surface area contributed by atoms with E-state index in [0.29, 0.717) is 40.0 Å². The highest BCUT2D eigenvalue weighted by Crippen LogP contribution is 2.52. The third kappa shape index (κ3) is 3.02. The van der Waals surface area contributed by atoms with Crippen LogP contribution in [0, 0.1) is 6.92 Å². The largest absolute Gasteiger partial charge is 0.493 e. The lowest BCUT2D eigenvalue weighted by molar-refractivity contribution is 0.0939. The van der Waals surface area contributed by atoms with Gasteiger partial charge in [-0.15, -0.1) is 11.3 Å². The number of benzene rings is 1. The number of hydrogen-bond acceptors (Lipinski definition) is 9. The summed E-state index contributed by atoms with van der Waals surface area (Å²) in [7, 11) is 4.75. The highest BCUT2D eigenvalue weighted by molar-refractivity contribution is 7.21. The number of anilines is 1. The maximum absolute atomic E-state index is 13.1. The van der Waals surface area contributed by atoms with Gasteiger partial charge in [0.05, 0.1) is 26.5 Å². The van der Waals surface area contributed by atoms with E-state index in [1.165, 1.54) is 11.3 Å². The molecule has 0 saturated heterocycles. The van der Waals surface area contributed by atoms with E-state index >= 15 is 0 Å². The van der Waals surface area contributed by atoms with E-state index in [1.807, 2.05) is 13.0 Å². The summed E-state index contributed by atoms with van der Waals surface area (Å²) in [6.07, 6.45) is -0.576. The van der Waals surface area contributed by atoms with Gasteiger partial charge in [0, 0.05) is 23.8 Å². The highest BCUT2D eigenvalue weighted by atomic mass is 32.1. The smallest absolute Gasteiger partial charge is 0.265 e. The first kappa shape index (κ1) is 19.7. The zero-order valence-electron chi connectivity index (χ0n) is 17.5. The summed E-state index contributed by atoms with van der Waals surface area (Å²) in [6, 6.07) is 3.76. The predicted molar refractivity (Wildman–Crippen MR) is 115 cm³/mol. The van der Waals surface area contributed by atoms with Crippen LogP contribution in [0.25, 0.3) is 10.2 Å². The number of aromatic nitrogens is 1. The molecule has 0 spiro atoms. The number of thiophene rings is 1. The van der Waals surface area contributed by atoms with Crippen molar-refractivity contribution in [3.05, 3.63) is 33.8 Å². The van der Waals surface area contributed by atoms with Crippen molar-refractivity contribution in [3.63, 3.8) is 0 Å². The lowest BCUT2D eigenvalue weighted by Gasteiger charge is -2.28. The molecule has 1 atom stereocenters. The molecule has 162 valence electrons. The van der Waals surface area contributed by atoms with Gasteiger partial charge in [-0.3, -0.25) is 4.79 Å². The molecule has 5 rings (SSSR count). The summed E-state index contributed by atoms with van der Waals surface area (Å²) < 4.78 is 27.6. The summed E-state index contributed by atoms with van der Waals surface area (Å²) in [5.74, 6) is 1.71. The summed E-state index contributed by atoms with van der Waals surface area (Å²) in [5, 5.41) is 7.34. The van der Waals surface area contributed by atoms with Crippen LogP contribution in [0.2, 0.25) is 0 Å². The average molecular weight is 443 g/mol. The molecule has 1 amide bonds. The van der Waals surface area contributed by atoms with Gasteiger partial charge in [-0.1, -0.05) is 0 Å². The van der Waals surface area contributed by atoms with E-state index in [1.54, 1.807) is 27.4 Å². The van der Waals surface area contributed by atoms with Gasteiger partial charge < -0.3 is 34.3 Å². The molecule has 0 saturated carbocycles. The monoisotopic (exact) mass is 443 g/mol. The Morgan fingerprint density at radius 1 is 1.16 bits per heavy atom. The minimum atomic E-state index is -0.576. The second-order valence-electron chi connectivity index (χ2n) is 7.16. The number of fused-ring (bicyclic) bond motifs is 4. The molecule has 10 heteroatoms. The number of nitrogens with zero attached hydrogens (tertiary/aromatic N) is 1. The Morgan fingerprint density at radius 2 is 1.97 bits per heavy atom. The van der Waals surface area contributed by atoms with Crippen molar-refractivity contribution in [2.45, 2.75) is 19.7 Å². The van der Waals surface area contributed by atoms with Gasteiger partial charge >= 0.3 is 0 Å². The summed E-state index contributed by atoms with van der Waals surface area (Å²) in [5.41, 5.74) is 3.23. The second kappa shape index (κ2) is 7.47. The Kier molecular flexibility index (Phi) is 4.75. The minimum absolute atomic E-state index is 0.0701. The number of methoxy groups -OCH3 is 3. The third-order valence-electron chi connectivity index (χ3n) is 5.27. The van der Waals surface area contributed by atoms with E-state index in [0.717, 1.165) is 27.2 Å². The summed E-state index contributed by atoms with van der Waals surface area (Å²) >= 11 is 1.36. The molecule has 9 nitrogen and oxygen atoms in total. The van der Waals surface area contributed by atoms with Crippen molar-refractivity contribution in [2.24, 2.45) is 0 Å². The Morgan fingerprint density at radius 3 is 2.71 bits per heavy atom. The lowest BCUT2D eigenvalue weighted by atomic mass is 10.0. The quantitative estimate of drug-likeness (QED) is 0.619. The van der Waals surface area contributed by atoms with Crippen LogP contribution >= 0.6 is 11.3 Å². The molecule has 2 aliphatic rings. The zero-order valence-corrected chi connectivity index (χ0v) is 18.3. The highest BCUT2D eigenvalue weighted by Gasteiger charge is 2.35. The maximum Gasteiger partial charge on any atom is 0.265 e. The molecule has 2 N–H and O–H groups in total. The summed E-state index contributed by atoms with van der Waals surface area (Å²) in [4.78, 5) is 19.0. The van der Waals surface area contributed by atoms with Crippen LogP contribution in [0.4, 0.5) is 5.69 Å². The SMILES string of the molecule is COCc1cc(C)nc2sc3c(c12)N[C@@H](c1cc(OC)c2c(c1OC)OCO2)NC3=O. The molecule has 2 aromatic heterocycles. The first-order valence-corrected chi connectivity index (χ1v) is 10.4. The van der Waals surface area contributed by atoms with E-state index in [4.69, 9.17) is 23.7 Å². The Balaban J connectivity index is 1.66. The van der Waals surface area contributed by atoms with E-state index in [2.05, 4.69) is 15.6 Å². The molecule has 0 aliphatic carbocycles. The minimum Gasteiger partial charge on any atom is -0.493 e. The van der Waals surface area contributed by atoms with Crippen LogP contribution in [0.1, 0.15) is 32.7 Å². The van der Waals surface area contributed by atoms with Crippen LogP contribution < -0.4 is 29.6 Å². The van der Waals surface area contributed by atoms with Crippen LogP contribution in [0.5, 0.6) is 23.0 Å². The zero-order chi connectivity index (χ0) is 21.7. The van der Waals surface area contributed by atoms with Crippen molar-refractivity contribution in [3.8, 4) is 23.0 Å². The molecular weight excluding hydrogens is 422 g/mol. The van der Waals surface area contributed by atoms with Crippen molar-refractivity contribution in [2.75, 3.05) is 33.4 Å². The lowest BCUT2D eigenvalue weighted by Crippen LogP contribution is -2.37. The van der Waals surface area contributed by atoms with Gasteiger partial charge in [0.1, 0.15) is 15.9 Å². The van der Waals surface area contributed by atoms with Gasteiger partial charge in [-0.25, -0.2) is 4.98 Å². The first-order chi connectivity index (χ1) is 15.0. The number of carbonyl (C=O) groups is 1. The van der Waals surface area contributed by atoms with Crippen molar-refractivity contribution >= 4 is 33.1 Å². The number of pyridine rings is 1. The van der Waals surface area contributed by atoms with Crippen LogP contribution in [0.3, 0.4) is 0 Å². The van der Waals surface area contributed by atoms with Crippen molar-refractivity contribution < 1.29 is 28.5 Å². The number of nitrogens with one attached hydrogen (secondary N) is 2. The molecule has 2 aliphatic heterocycles. The van der Waals surface area contributed by atoms with Gasteiger partial charge in [0.2, 0.25) is 18.3 Å². The topological polar surface area (TPSA) is 100 Å². The molecule has 1 aromatic carbocycles. The van der Waals surface area contributed by atoms with Crippen molar-refractivity contribution in [1.82, 2.24) is 10.3 Å². The van der Waals surface area contributed by atoms with Crippen molar-refractivity contribution in [1.29, 1.82) is 0 Å². The number of ether oxygens (including phenoxy) is 5. The Bertz CT molecular complexity index is 1210. The molecule has 31 heavy (non-hydrogen) atoms. The normalized spacial score (nSPS) is 16.6. The number of aryl methyl sites for hydroxylation is 1. The summed E-state index contributed by atoms with van der Waals surface area (Å²) in [6.45, 7) is 2.41. The molecule has 0 radical (unpaired) electrons. The fourth-order valence-corrected chi connectivity index (χ4v) is 5.16. The number of amides is 1. The molecular formula is C21H21N3O6S. The van der Waals surface area contributed by atoms with Gasteiger partial charge in [0.15, 0.2) is 11.5 Å². The molecule has 4 heterocycles. The van der Waals surface area contributed by atoms with Gasteiger partial charge in [0.25, 0.3) is 5.91 Å². The fraction of sp³-hybridized carbons (Fsp3) is 0.333. The molecule has 0 bridgehead atoms. The van der Waals surface area contributed by atoms with E-state index in [9.17, 15) is 4.79 Å². The van der Waals surface area contributed by atoms with Crippen LogP contribution in [-0.4, -0.2) is 39.0 Å². The second-order valence-corrected chi connectivity index (χ2v) is 8.16.